The second-order valence-electron chi connectivity index (χ2n) is 13.2. The first-order valence-corrected chi connectivity index (χ1v) is 16.6. The molecular weight excluding hydrogens is 640 g/mol. The third-order valence-corrected chi connectivity index (χ3v) is 9.87. The zero-order valence-corrected chi connectivity index (χ0v) is 27.9. The lowest BCUT2D eigenvalue weighted by molar-refractivity contribution is -0.138. The molecule has 2 saturated heterocycles. The van der Waals surface area contributed by atoms with E-state index in [1.165, 1.54) is 23.4 Å². The summed E-state index contributed by atoms with van der Waals surface area (Å²) in [5.41, 5.74) is 0.944. The molecule has 1 aromatic heterocycles. The lowest BCUT2D eigenvalue weighted by atomic mass is 9.96. The van der Waals surface area contributed by atoms with Gasteiger partial charge >= 0.3 is 6.18 Å². The van der Waals surface area contributed by atoms with Crippen LogP contribution in [0.1, 0.15) is 47.3 Å². The molecule has 2 fully saturated rings. The van der Waals surface area contributed by atoms with Gasteiger partial charge in [-0.05, 0) is 62.7 Å². The number of rotatable bonds is 7. The molecule has 3 aliphatic heterocycles. The van der Waals surface area contributed by atoms with Crippen LogP contribution in [0.4, 0.5) is 34.6 Å². The standard InChI is InChI=1S/C36H42F4N6O3/c1-23-20-46(21-24(2)43(23)3)33-18-31(37)28(16-32(33)42-35(48)29-19-41-34(47)17-30(29)36(38,39)40)26-8-10-44(11-9-26)22-25-4-6-27(7-5-25)45-12-14-49-15-13-45/h4-8,16-19,23-24H,9-15,20-22H2,1-3H3,(H,41,47)(H,42,48). The number of benzene rings is 2. The van der Waals surface area contributed by atoms with Gasteiger partial charge in [-0.1, -0.05) is 18.2 Å². The molecule has 2 unspecified atom stereocenters. The number of nitrogens with zero attached hydrogens (tertiary/aromatic N) is 4. The van der Waals surface area contributed by atoms with E-state index in [2.05, 4.69) is 49.3 Å². The van der Waals surface area contributed by atoms with E-state index in [4.69, 9.17) is 4.74 Å². The molecule has 1 amide bonds. The van der Waals surface area contributed by atoms with Gasteiger partial charge in [0.15, 0.2) is 0 Å². The van der Waals surface area contributed by atoms with Crippen LogP contribution in [0.25, 0.3) is 5.57 Å². The Hall–Kier alpha value is -4.20. The van der Waals surface area contributed by atoms with E-state index in [1.54, 1.807) is 0 Å². The van der Waals surface area contributed by atoms with Crippen LogP contribution in [-0.2, 0) is 17.5 Å². The normalized spacial score (nSPS) is 21.1. The Bertz CT molecular complexity index is 1740. The summed E-state index contributed by atoms with van der Waals surface area (Å²) < 4.78 is 62.9. The highest BCUT2D eigenvalue weighted by Crippen LogP contribution is 2.37. The quantitative estimate of drug-likeness (QED) is 0.322. The lowest BCUT2D eigenvalue weighted by Crippen LogP contribution is -2.55. The largest absolute Gasteiger partial charge is 0.417 e. The number of hydrogen-bond acceptors (Lipinski definition) is 7. The number of likely N-dealkylation sites (N-methyl/N-ethyl adjacent to an activating group) is 1. The molecule has 3 aromatic rings. The predicted octanol–water partition coefficient (Wildman–Crippen LogP) is 5.44. The second-order valence-corrected chi connectivity index (χ2v) is 13.2. The molecule has 4 heterocycles. The van der Waals surface area contributed by atoms with Crippen LogP contribution < -0.4 is 20.7 Å². The van der Waals surface area contributed by atoms with Gasteiger partial charge in [0.1, 0.15) is 5.82 Å². The van der Waals surface area contributed by atoms with Crippen molar-refractivity contribution in [1.29, 1.82) is 0 Å². The number of nitrogens with one attached hydrogen (secondary N) is 2. The minimum atomic E-state index is -4.93. The van der Waals surface area contributed by atoms with Crippen LogP contribution in [-0.4, -0.2) is 92.3 Å². The molecule has 6 rings (SSSR count). The number of morpholine rings is 1. The van der Waals surface area contributed by atoms with Crippen LogP contribution in [0, 0.1) is 5.82 Å². The van der Waals surface area contributed by atoms with Gasteiger partial charge in [-0.2, -0.15) is 13.2 Å². The zero-order chi connectivity index (χ0) is 34.9. The first-order valence-electron chi connectivity index (χ1n) is 16.6. The SMILES string of the molecule is CC1CN(c2cc(F)c(C3=CCN(Cc4ccc(N5CCOCC5)cc4)CC3)cc2NC(=O)c2c[nH]c(=O)cc2C(F)(F)F)CC(C)N1C. The number of alkyl halides is 3. The van der Waals surface area contributed by atoms with Gasteiger partial charge in [-0.3, -0.25) is 19.4 Å². The molecule has 2 atom stereocenters. The topological polar surface area (TPSA) is 84.1 Å². The van der Waals surface area contributed by atoms with Crippen LogP contribution in [0.15, 0.2) is 59.5 Å². The number of carbonyl (C=O) groups is 1. The molecule has 0 bridgehead atoms. The lowest BCUT2D eigenvalue weighted by Gasteiger charge is -2.44. The number of pyridine rings is 1. The summed E-state index contributed by atoms with van der Waals surface area (Å²) in [6, 6.07) is 12.0. The average molecular weight is 683 g/mol. The van der Waals surface area contributed by atoms with Crippen LogP contribution in [0.5, 0.6) is 0 Å². The minimum Gasteiger partial charge on any atom is -0.378 e. The Labute approximate surface area is 283 Å². The molecular formula is C36H42F4N6O3. The summed E-state index contributed by atoms with van der Waals surface area (Å²) in [4.78, 5) is 36.0. The smallest absolute Gasteiger partial charge is 0.378 e. The maximum absolute atomic E-state index is 16.0. The molecule has 13 heteroatoms. The Balaban J connectivity index is 1.25. The van der Waals surface area contributed by atoms with E-state index in [1.807, 2.05) is 31.9 Å². The summed E-state index contributed by atoms with van der Waals surface area (Å²) in [5, 5.41) is 2.64. The third-order valence-electron chi connectivity index (χ3n) is 9.87. The third kappa shape index (κ3) is 7.84. The monoisotopic (exact) mass is 682 g/mol. The fourth-order valence-electron chi connectivity index (χ4n) is 6.85. The Morgan fingerprint density at radius 1 is 1.00 bits per heavy atom. The number of ether oxygens (including phenoxy) is 1. The average Bonchev–Trinajstić information content (AvgIpc) is 3.08. The highest BCUT2D eigenvalue weighted by atomic mass is 19.4. The summed E-state index contributed by atoms with van der Waals surface area (Å²) in [7, 11) is 2.01. The molecule has 0 spiro atoms. The highest BCUT2D eigenvalue weighted by Gasteiger charge is 2.36. The Kier molecular flexibility index (Phi) is 10.1. The van der Waals surface area contributed by atoms with Crippen molar-refractivity contribution in [3.63, 3.8) is 0 Å². The van der Waals surface area contributed by atoms with Crippen LogP contribution >= 0.6 is 0 Å². The number of amides is 1. The van der Waals surface area contributed by atoms with E-state index in [0.29, 0.717) is 49.9 Å². The fourth-order valence-corrected chi connectivity index (χ4v) is 6.85. The summed E-state index contributed by atoms with van der Waals surface area (Å²) >= 11 is 0. The first-order chi connectivity index (χ1) is 23.4. The van der Waals surface area contributed by atoms with E-state index < -0.39 is 34.6 Å². The van der Waals surface area contributed by atoms with E-state index in [-0.39, 0.29) is 17.8 Å². The number of halogens is 4. The van der Waals surface area contributed by atoms with Crippen molar-refractivity contribution in [2.24, 2.45) is 0 Å². The van der Waals surface area contributed by atoms with Gasteiger partial charge in [0.25, 0.3) is 5.91 Å². The molecule has 0 radical (unpaired) electrons. The number of H-pyrrole nitrogens is 1. The molecule has 2 aromatic carbocycles. The molecule has 0 saturated carbocycles. The molecule has 0 aliphatic carbocycles. The molecule has 3 aliphatic rings. The van der Waals surface area contributed by atoms with Gasteiger partial charge in [0.05, 0.1) is 35.7 Å². The number of carbonyl (C=O) groups excluding carboxylic acids is 1. The van der Waals surface area contributed by atoms with Gasteiger partial charge in [-0.25, -0.2) is 4.39 Å². The number of hydrogen-bond donors (Lipinski definition) is 2. The maximum atomic E-state index is 16.0. The molecule has 262 valence electrons. The Morgan fingerprint density at radius 2 is 1.69 bits per heavy atom. The van der Waals surface area contributed by atoms with Crippen molar-refractivity contribution in [2.45, 2.75) is 45.1 Å². The van der Waals surface area contributed by atoms with Crippen molar-refractivity contribution in [3.8, 4) is 0 Å². The van der Waals surface area contributed by atoms with E-state index >= 15 is 4.39 Å². The van der Waals surface area contributed by atoms with Gasteiger partial charge in [0, 0.05) is 81.4 Å². The number of piperazine rings is 1. The van der Waals surface area contributed by atoms with Gasteiger partial charge in [0.2, 0.25) is 5.56 Å². The summed E-state index contributed by atoms with van der Waals surface area (Å²) in [6.07, 6.45) is -1.64. The highest BCUT2D eigenvalue weighted by molar-refractivity contribution is 6.07. The Morgan fingerprint density at radius 3 is 2.33 bits per heavy atom. The van der Waals surface area contributed by atoms with Gasteiger partial charge in [-0.15, -0.1) is 0 Å². The predicted molar refractivity (Wildman–Crippen MR) is 183 cm³/mol. The van der Waals surface area contributed by atoms with Gasteiger partial charge < -0.3 is 24.8 Å². The summed E-state index contributed by atoms with van der Waals surface area (Å²) in [5.74, 6) is -1.52. The second kappa shape index (κ2) is 14.3. The van der Waals surface area contributed by atoms with E-state index in [0.717, 1.165) is 44.6 Å². The van der Waals surface area contributed by atoms with Crippen LogP contribution in [0.3, 0.4) is 0 Å². The zero-order valence-electron chi connectivity index (χ0n) is 27.9. The maximum Gasteiger partial charge on any atom is 0.417 e. The van der Waals surface area contributed by atoms with Crippen molar-refractivity contribution in [2.75, 3.05) is 74.6 Å². The number of aromatic nitrogens is 1. The fraction of sp³-hybridized carbons (Fsp3) is 0.444. The van der Waals surface area contributed by atoms with Crippen molar-refractivity contribution in [3.05, 3.63) is 93.2 Å². The molecule has 49 heavy (non-hydrogen) atoms. The molecule has 2 N–H and O–H groups in total. The van der Waals surface area contributed by atoms with E-state index in [9.17, 15) is 22.8 Å². The first kappa shape index (κ1) is 34.7. The summed E-state index contributed by atoms with van der Waals surface area (Å²) in [6.45, 7) is 10.3. The number of anilines is 3. The van der Waals surface area contributed by atoms with Crippen molar-refractivity contribution in [1.82, 2.24) is 14.8 Å². The van der Waals surface area contributed by atoms with Crippen molar-refractivity contribution < 1.29 is 27.1 Å². The van der Waals surface area contributed by atoms with Crippen LogP contribution in [0.2, 0.25) is 0 Å². The molecule has 9 nitrogen and oxygen atoms in total. The van der Waals surface area contributed by atoms with Crippen molar-refractivity contribution >= 4 is 28.5 Å². The minimum absolute atomic E-state index is 0.105. The number of aromatic amines is 1.